The Morgan fingerprint density at radius 3 is 2.10 bits per heavy atom. The van der Waals surface area contributed by atoms with Crippen molar-refractivity contribution in [1.29, 1.82) is 0 Å². The summed E-state index contributed by atoms with van der Waals surface area (Å²) in [6.07, 6.45) is 1.86. The predicted molar refractivity (Wildman–Crippen MR) is 128 cm³/mol. The van der Waals surface area contributed by atoms with Crippen molar-refractivity contribution in [3.8, 4) is 0 Å². The molecule has 1 aromatic carbocycles. The largest absolute Gasteiger partial charge is 0.357 e. The number of nitrogens with zero attached hydrogens (tertiary/aromatic N) is 4. The molecule has 0 atom stereocenters. The monoisotopic (exact) mass is 549 g/mol. The molecular weight excluding hydrogens is 517 g/mol. The van der Waals surface area contributed by atoms with Gasteiger partial charge in [-0.15, -0.1) is 24.0 Å². The maximum absolute atomic E-state index is 12.6. The minimum absolute atomic E-state index is 0. The summed E-state index contributed by atoms with van der Waals surface area (Å²) in [6.45, 7) is 8.97. The molecule has 1 aromatic rings. The molecule has 2 saturated heterocycles. The van der Waals surface area contributed by atoms with E-state index >= 15 is 0 Å². The van der Waals surface area contributed by atoms with Gasteiger partial charge in [0.05, 0.1) is 11.4 Å². The normalized spacial score (nSPS) is 18.3. The van der Waals surface area contributed by atoms with Gasteiger partial charge in [0.2, 0.25) is 15.9 Å². The number of benzene rings is 1. The zero-order chi connectivity index (χ0) is 20.9. The number of carbonyl (C=O) groups is 1. The fraction of sp³-hybridized carbons (Fsp3) is 0.600. The van der Waals surface area contributed by atoms with Crippen molar-refractivity contribution in [2.45, 2.75) is 38.1 Å². The van der Waals surface area contributed by atoms with E-state index in [4.69, 9.17) is 4.99 Å². The molecular formula is C20H32IN5O3S. The molecule has 2 aliphatic heterocycles. The number of nitrogens with one attached hydrogen (secondary N) is 1. The Labute approximate surface area is 196 Å². The van der Waals surface area contributed by atoms with E-state index in [1.54, 1.807) is 23.4 Å². The van der Waals surface area contributed by atoms with Crippen LogP contribution in [0.3, 0.4) is 0 Å². The lowest BCUT2D eigenvalue weighted by molar-refractivity contribution is -0.130. The van der Waals surface area contributed by atoms with Gasteiger partial charge in [-0.1, -0.05) is 12.1 Å². The van der Waals surface area contributed by atoms with Crippen LogP contribution in [-0.2, 0) is 21.4 Å². The number of halogens is 1. The number of amides is 1. The van der Waals surface area contributed by atoms with E-state index < -0.39 is 10.0 Å². The van der Waals surface area contributed by atoms with Crippen molar-refractivity contribution in [3.63, 3.8) is 0 Å². The maximum Gasteiger partial charge on any atom is 0.243 e. The van der Waals surface area contributed by atoms with Crippen LogP contribution >= 0.6 is 24.0 Å². The average Bonchev–Trinajstić information content (AvgIpc) is 3.27. The molecule has 30 heavy (non-hydrogen) atoms. The Bertz CT molecular complexity index is 831. The van der Waals surface area contributed by atoms with Crippen molar-refractivity contribution >= 4 is 45.9 Å². The van der Waals surface area contributed by atoms with Gasteiger partial charge in [0.15, 0.2) is 5.96 Å². The highest BCUT2D eigenvalue weighted by Gasteiger charge is 2.27. The molecule has 0 unspecified atom stereocenters. The van der Waals surface area contributed by atoms with Crippen LogP contribution in [0.1, 0.15) is 32.3 Å². The molecule has 2 fully saturated rings. The summed E-state index contributed by atoms with van der Waals surface area (Å²) in [5, 5.41) is 3.31. The van der Waals surface area contributed by atoms with Crippen molar-refractivity contribution in [2.24, 2.45) is 4.99 Å². The molecule has 0 bridgehead atoms. The predicted octanol–water partition coefficient (Wildman–Crippen LogP) is 1.72. The first kappa shape index (κ1) is 24.9. The average molecular weight is 549 g/mol. The van der Waals surface area contributed by atoms with Crippen LogP contribution < -0.4 is 5.32 Å². The van der Waals surface area contributed by atoms with Crippen LogP contribution in [0.15, 0.2) is 34.2 Å². The molecule has 2 aliphatic rings. The topological polar surface area (TPSA) is 85.3 Å². The Morgan fingerprint density at radius 1 is 1.00 bits per heavy atom. The Balaban J connectivity index is 0.00000320. The highest BCUT2D eigenvalue weighted by molar-refractivity contribution is 14.0. The van der Waals surface area contributed by atoms with Crippen LogP contribution in [0.4, 0.5) is 0 Å². The minimum atomic E-state index is -3.38. The summed E-state index contributed by atoms with van der Waals surface area (Å²) < 4.78 is 26.8. The highest BCUT2D eigenvalue weighted by atomic mass is 127. The number of hydrogen-bond acceptors (Lipinski definition) is 4. The van der Waals surface area contributed by atoms with E-state index in [1.165, 1.54) is 0 Å². The van der Waals surface area contributed by atoms with Gasteiger partial charge < -0.3 is 15.1 Å². The van der Waals surface area contributed by atoms with Crippen molar-refractivity contribution in [1.82, 2.24) is 19.4 Å². The smallest absolute Gasteiger partial charge is 0.243 e. The minimum Gasteiger partial charge on any atom is -0.357 e. The number of aliphatic imine (C=N–C) groups is 1. The Kier molecular flexibility index (Phi) is 9.35. The summed E-state index contributed by atoms with van der Waals surface area (Å²) in [5.74, 6) is 0.931. The number of hydrogen-bond donors (Lipinski definition) is 1. The molecule has 0 spiro atoms. The number of sulfonamides is 1. The van der Waals surface area contributed by atoms with Gasteiger partial charge in [-0.2, -0.15) is 4.31 Å². The first-order chi connectivity index (χ1) is 13.9. The van der Waals surface area contributed by atoms with Crippen LogP contribution in [0, 0.1) is 0 Å². The van der Waals surface area contributed by atoms with Gasteiger partial charge in [0.1, 0.15) is 0 Å². The summed E-state index contributed by atoms with van der Waals surface area (Å²) in [6, 6.07) is 7.03. The Morgan fingerprint density at radius 2 is 1.57 bits per heavy atom. The van der Waals surface area contributed by atoms with Crippen LogP contribution in [0.5, 0.6) is 0 Å². The first-order valence-electron chi connectivity index (χ1n) is 10.3. The molecule has 10 heteroatoms. The second-order valence-electron chi connectivity index (χ2n) is 7.42. The third-order valence-corrected chi connectivity index (χ3v) is 7.31. The standard InChI is InChI=1S/C20H31N5O3S.HI/c1-3-21-20(24-14-12-23(13-15-24)17(2)26)22-16-18-6-8-19(9-7-18)29(27,28)25-10-4-5-11-25;/h6-9H,3-5,10-16H2,1-2H3,(H,21,22);1H. The quantitative estimate of drug-likeness (QED) is 0.344. The molecule has 1 amide bonds. The summed E-state index contributed by atoms with van der Waals surface area (Å²) in [7, 11) is -3.38. The second-order valence-corrected chi connectivity index (χ2v) is 9.36. The Hall–Kier alpha value is -1.40. The number of rotatable bonds is 5. The molecule has 2 heterocycles. The van der Waals surface area contributed by atoms with Crippen LogP contribution in [0.2, 0.25) is 0 Å². The van der Waals surface area contributed by atoms with Gasteiger partial charge in [-0.05, 0) is 37.5 Å². The molecule has 0 radical (unpaired) electrons. The van der Waals surface area contributed by atoms with Crippen molar-refractivity contribution in [3.05, 3.63) is 29.8 Å². The van der Waals surface area contributed by atoms with Crippen LogP contribution in [0.25, 0.3) is 0 Å². The lowest BCUT2D eigenvalue weighted by Crippen LogP contribution is -2.53. The van der Waals surface area contributed by atoms with Gasteiger partial charge in [0.25, 0.3) is 0 Å². The SMILES string of the molecule is CCNC(=NCc1ccc(S(=O)(=O)N2CCCC2)cc1)N1CCN(C(C)=O)CC1.I. The van der Waals surface area contributed by atoms with Gasteiger partial charge in [-0.3, -0.25) is 4.79 Å². The summed E-state index contributed by atoms with van der Waals surface area (Å²) >= 11 is 0. The fourth-order valence-electron chi connectivity index (χ4n) is 3.67. The van der Waals surface area contributed by atoms with E-state index in [0.29, 0.717) is 37.6 Å². The highest BCUT2D eigenvalue weighted by Crippen LogP contribution is 2.21. The number of guanidine groups is 1. The zero-order valence-corrected chi connectivity index (χ0v) is 20.9. The fourth-order valence-corrected chi connectivity index (χ4v) is 5.19. The molecule has 1 N–H and O–H groups in total. The lowest BCUT2D eigenvalue weighted by atomic mass is 10.2. The summed E-state index contributed by atoms with van der Waals surface area (Å²) in [4.78, 5) is 20.6. The third kappa shape index (κ3) is 6.07. The van der Waals surface area contributed by atoms with Crippen molar-refractivity contribution < 1.29 is 13.2 Å². The molecule has 3 rings (SSSR count). The molecule has 0 saturated carbocycles. The second kappa shape index (κ2) is 11.3. The van der Waals surface area contributed by atoms with Gasteiger partial charge >= 0.3 is 0 Å². The molecule has 8 nitrogen and oxygen atoms in total. The van der Waals surface area contributed by atoms with Crippen LogP contribution in [-0.4, -0.2) is 80.2 Å². The first-order valence-corrected chi connectivity index (χ1v) is 11.7. The van der Waals surface area contributed by atoms with Gasteiger partial charge in [-0.25, -0.2) is 13.4 Å². The van der Waals surface area contributed by atoms with E-state index in [-0.39, 0.29) is 29.9 Å². The van der Waals surface area contributed by atoms with E-state index in [0.717, 1.165) is 44.0 Å². The molecule has 168 valence electrons. The van der Waals surface area contributed by atoms with E-state index in [2.05, 4.69) is 10.2 Å². The lowest BCUT2D eigenvalue weighted by Gasteiger charge is -2.36. The number of carbonyl (C=O) groups excluding carboxylic acids is 1. The van der Waals surface area contributed by atoms with Gasteiger partial charge in [0, 0.05) is 52.7 Å². The molecule has 0 aromatic heterocycles. The van der Waals surface area contributed by atoms with Crippen molar-refractivity contribution in [2.75, 3.05) is 45.8 Å². The molecule has 0 aliphatic carbocycles. The maximum atomic E-state index is 12.6. The third-order valence-electron chi connectivity index (χ3n) is 5.40. The van der Waals surface area contributed by atoms with E-state index in [9.17, 15) is 13.2 Å². The summed E-state index contributed by atoms with van der Waals surface area (Å²) in [5.41, 5.74) is 0.961. The number of piperazine rings is 1. The zero-order valence-electron chi connectivity index (χ0n) is 17.7. The van der Waals surface area contributed by atoms with E-state index in [1.807, 2.05) is 24.0 Å².